The van der Waals surface area contributed by atoms with Crippen LogP contribution in [-0.4, -0.2) is 60.4 Å². The Balaban J connectivity index is 1.92. The van der Waals surface area contributed by atoms with E-state index in [1.807, 2.05) is 4.90 Å². The van der Waals surface area contributed by atoms with Gasteiger partial charge in [-0.05, 0) is 12.8 Å². The summed E-state index contributed by atoms with van der Waals surface area (Å²) in [6, 6.07) is -0.208. The number of hydrogen-bond acceptors (Lipinski definition) is 3. The summed E-state index contributed by atoms with van der Waals surface area (Å²) < 4.78 is 0. The first-order chi connectivity index (χ1) is 8.68. The van der Waals surface area contributed by atoms with Gasteiger partial charge in [0.25, 0.3) is 0 Å². The molecule has 5 nitrogen and oxygen atoms in total. The van der Waals surface area contributed by atoms with E-state index in [-0.39, 0.29) is 17.9 Å². The van der Waals surface area contributed by atoms with E-state index in [0.717, 1.165) is 25.9 Å². The molecule has 5 heteroatoms. The molecule has 2 heterocycles. The predicted octanol–water partition coefficient (Wildman–Crippen LogP) is 0.209. The molecule has 0 spiro atoms. The maximum Gasteiger partial charge on any atom is 0.241 e. The van der Waals surface area contributed by atoms with Gasteiger partial charge < -0.3 is 15.1 Å². The highest BCUT2D eigenvalue weighted by atomic mass is 16.2. The molecular formula is C13H23N3O2. The Labute approximate surface area is 108 Å². The van der Waals surface area contributed by atoms with Crippen LogP contribution in [0.15, 0.2) is 0 Å². The van der Waals surface area contributed by atoms with Gasteiger partial charge in [-0.2, -0.15) is 0 Å². The molecule has 0 aromatic heterocycles. The van der Waals surface area contributed by atoms with E-state index in [1.54, 1.807) is 11.8 Å². The molecule has 0 aromatic rings. The standard InChI is InChI=1S/C13H23N3O2/c1-11(17)16-9-6-14-12(10-16)13(18)15-7-4-2-3-5-8-15/h12,14H,2-10H2,1H3. The maximum absolute atomic E-state index is 12.4. The molecule has 2 saturated heterocycles. The Morgan fingerprint density at radius 2 is 1.67 bits per heavy atom. The summed E-state index contributed by atoms with van der Waals surface area (Å²) in [6.45, 7) is 5.25. The van der Waals surface area contributed by atoms with Crippen LogP contribution in [0.25, 0.3) is 0 Å². The Kier molecular flexibility index (Phi) is 4.58. The molecule has 1 atom stereocenters. The van der Waals surface area contributed by atoms with E-state index in [0.29, 0.717) is 19.6 Å². The largest absolute Gasteiger partial charge is 0.341 e. The zero-order chi connectivity index (χ0) is 13.0. The quantitative estimate of drug-likeness (QED) is 0.727. The Bertz CT molecular complexity index is 311. The molecule has 1 N–H and O–H groups in total. The van der Waals surface area contributed by atoms with Crippen LogP contribution in [0, 0.1) is 0 Å². The number of hydrogen-bond donors (Lipinski definition) is 1. The fourth-order valence-corrected chi connectivity index (χ4v) is 2.71. The van der Waals surface area contributed by atoms with E-state index < -0.39 is 0 Å². The fourth-order valence-electron chi connectivity index (χ4n) is 2.71. The number of likely N-dealkylation sites (tertiary alicyclic amines) is 1. The molecular weight excluding hydrogens is 230 g/mol. The van der Waals surface area contributed by atoms with Crippen molar-refractivity contribution in [3.63, 3.8) is 0 Å². The van der Waals surface area contributed by atoms with Crippen LogP contribution >= 0.6 is 0 Å². The normalized spacial score (nSPS) is 25.7. The predicted molar refractivity (Wildman–Crippen MR) is 69.1 cm³/mol. The topological polar surface area (TPSA) is 52.7 Å². The smallest absolute Gasteiger partial charge is 0.241 e. The van der Waals surface area contributed by atoms with Gasteiger partial charge in [0.1, 0.15) is 6.04 Å². The van der Waals surface area contributed by atoms with Gasteiger partial charge in [-0.25, -0.2) is 0 Å². The Morgan fingerprint density at radius 3 is 2.28 bits per heavy atom. The van der Waals surface area contributed by atoms with Crippen molar-refractivity contribution < 1.29 is 9.59 Å². The lowest BCUT2D eigenvalue weighted by atomic mass is 10.1. The van der Waals surface area contributed by atoms with Gasteiger partial charge in [-0.15, -0.1) is 0 Å². The molecule has 2 fully saturated rings. The maximum atomic E-state index is 12.4. The second-order valence-corrected chi connectivity index (χ2v) is 5.21. The van der Waals surface area contributed by atoms with Gasteiger partial charge in [-0.3, -0.25) is 9.59 Å². The molecule has 2 aliphatic heterocycles. The van der Waals surface area contributed by atoms with Gasteiger partial charge >= 0.3 is 0 Å². The second kappa shape index (κ2) is 6.18. The molecule has 0 radical (unpaired) electrons. The van der Waals surface area contributed by atoms with Crippen LogP contribution in [0.1, 0.15) is 32.6 Å². The van der Waals surface area contributed by atoms with Crippen LogP contribution in [0.2, 0.25) is 0 Å². The number of carbonyl (C=O) groups is 2. The van der Waals surface area contributed by atoms with Crippen molar-refractivity contribution in [2.24, 2.45) is 0 Å². The molecule has 2 rings (SSSR count). The minimum Gasteiger partial charge on any atom is -0.341 e. The summed E-state index contributed by atoms with van der Waals surface area (Å²) in [5.41, 5.74) is 0. The molecule has 0 bridgehead atoms. The summed E-state index contributed by atoms with van der Waals surface area (Å²) in [6.07, 6.45) is 4.66. The average Bonchev–Trinajstić information content (AvgIpc) is 2.67. The van der Waals surface area contributed by atoms with Crippen LogP contribution in [0.5, 0.6) is 0 Å². The number of nitrogens with one attached hydrogen (secondary N) is 1. The van der Waals surface area contributed by atoms with Crippen LogP contribution < -0.4 is 5.32 Å². The summed E-state index contributed by atoms with van der Waals surface area (Å²) in [5.74, 6) is 0.230. The lowest BCUT2D eigenvalue weighted by Gasteiger charge is -2.35. The Morgan fingerprint density at radius 1 is 1.00 bits per heavy atom. The van der Waals surface area contributed by atoms with Crippen molar-refractivity contribution in [3.05, 3.63) is 0 Å². The number of carbonyl (C=O) groups excluding carboxylic acids is 2. The highest BCUT2D eigenvalue weighted by Gasteiger charge is 2.29. The van der Waals surface area contributed by atoms with Gasteiger partial charge in [-0.1, -0.05) is 12.8 Å². The van der Waals surface area contributed by atoms with Gasteiger partial charge in [0.2, 0.25) is 11.8 Å². The van der Waals surface area contributed by atoms with Crippen LogP contribution in [0.3, 0.4) is 0 Å². The highest BCUT2D eigenvalue weighted by Crippen LogP contribution is 2.12. The molecule has 0 saturated carbocycles. The number of piperazine rings is 1. The van der Waals surface area contributed by atoms with Crippen molar-refractivity contribution in [3.8, 4) is 0 Å². The van der Waals surface area contributed by atoms with Gasteiger partial charge in [0.15, 0.2) is 0 Å². The lowest BCUT2D eigenvalue weighted by Crippen LogP contribution is -2.58. The third-order valence-corrected chi connectivity index (χ3v) is 3.84. The van der Waals surface area contributed by atoms with Crippen molar-refractivity contribution in [1.29, 1.82) is 0 Å². The molecule has 2 aliphatic rings. The average molecular weight is 253 g/mol. The summed E-state index contributed by atoms with van der Waals surface area (Å²) in [5, 5.41) is 3.24. The van der Waals surface area contributed by atoms with Gasteiger partial charge in [0, 0.05) is 39.6 Å². The van der Waals surface area contributed by atoms with E-state index in [9.17, 15) is 9.59 Å². The van der Waals surface area contributed by atoms with Gasteiger partial charge in [0.05, 0.1) is 0 Å². The molecule has 18 heavy (non-hydrogen) atoms. The molecule has 2 amide bonds. The number of nitrogens with zero attached hydrogens (tertiary/aromatic N) is 2. The SMILES string of the molecule is CC(=O)N1CCNC(C(=O)N2CCCCCC2)C1. The van der Waals surface area contributed by atoms with Crippen molar-refractivity contribution in [1.82, 2.24) is 15.1 Å². The highest BCUT2D eigenvalue weighted by molar-refractivity contribution is 5.83. The van der Waals surface area contributed by atoms with E-state index >= 15 is 0 Å². The molecule has 0 aromatic carbocycles. The molecule has 102 valence electrons. The minimum atomic E-state index is -0.208. The molecule has 0 aliphatic carbocycles. The van der Waals surface area contributed by atoms with Crippen LogP contribution in [0.4, 0.5) is 0 Å². The van der Waals surface area contributed by atoms with E-state index in [4.69, 9.17) is 0 Å². The zero-order valence-corrected chi connectivity index (χ0v) is 11.2. The number of amides is 2. The summed E-state index contributed by atoms with van der Waals surface area (Å²) >= 11 is 0. The Hall–Kier alpha value is -1.10. The van der Waals surface area contributed by atoms with Crippen molar-refractivity contribution in [2.45, 2.75) is 38.6 Å². The summed E-state index contributed by atoms with van der Waals surface area (Å²) in [4.78, 5) is 27.5. The monoisotopic (exact) mass is 253 g/mol. The molecule has 1 unspecified atom stereocenters. The first-order valence-corrected chi connectivity index (χ1v) is 6.96. The third-order valence-electron chi connectivity index (χ3n) is 3.84. The zero-order valence-electron chi connectivity index (χ0n) is 11.2. The first-order valence-electron chi connectivity index (χ1n) is 6.96. The van der Waals surface area contributed by atoms with E-state index in [2.05, 4.69) is 5.32 Å². The third kappa shape index (κ3) is 3.22. The second-order valence-electron chi connectivity index (χ2n) is 5.21. The number of rotatable bonds is 1. The van der Waals surface area contributed by atoms with Crippen molar-refractivity contribution in [2.75, 3.05) is 32.7 Å². The lowest BCUT2D eigenvalue weighted by molar-refractivity contribution is -0.137. The minimum absolute atomic E-state index is 0.0603. The van der Waals surface area contributed by atoms with Crippen LogP contribution in [-0.2, 0) is 9.59 Å². The fraction of sp³-hybridized carbons (Fsp3) is 0.846. The summed E-state index contributed by atoms with van der Waals surface area (Å²) in [7, 11) is 0. The van der Waals surface area contributed by atoms with E-state index in [1.165, 1.54) is 12.8 Å². The first kappa shape index (κ1) is 13.3. The van der Waals surface area contributed by atoms with Crippen molar-refractivity contribution >= 4 is 11.8 Å².